The molecule has 0 spiro atoms. The van der Waals surface area contributed by atoms with Crippen LogP contribution in [0.25, 0.3) is 0 Å². The maximum absolute atomic E-state index is 13.7. The van der Waals surface area contributed by atoms with Gasteiger partial charge in [0.05, 0.1) is 30.4 Å². The van der Waals surface area contributed by atoms with Crippen molar-refractivity contribution in [1.82, 2.24) is 10.2 Å². The van der Waals surface area contributed by atoms with Crippen molar-refractivity contribution in [3.05, 3.63) is 82.3 Å². The van der Waals surface area contributed by atoms with Gasteiger partial charge in [-0.1, -0.05) is 73.3 Å². The van der Waals surface area contributed by atoms with Gasteiger partial charge in [-0.25, -0.2) is 0 Å². The molecule has 1 aromatic heterocycles. The quantitative estimate of drug-likeness (QED) is 0.343. The molecule has 0 bridgehead atoms. The normalized spacial score (nSPS) is 18.2. The Hall–Kier alpha value is -4.14. The summed E-state index contributed by atoms with van der Waals surface area (Å²) in [4.78, 5) is 28.0. The number of thioether (sulfide) groups is 1. The molecule has 9 nitrogen and oxygen atoms in total. The molecule has 41 heavy (non-hydrogen) atoms. The summed E-state index contributed by atoms with van der Waals surface area (Å²) in [6.45, 7) is 6.02. The van der Waals surface area contributed by atoms with Crippen molar-refractivity contribution in [1.29, 1.82) is 5.26 Å². The van der Waals surface area contributed by atoms with Crippen LogP contribution >= 0.6 is 23.1 Å². The molecule has 1 aliphatic carbocycles. The molecule has 1 aliphatic heterocycles. The van der Waals surface area contributed by atoms with Crippen LogP contribution in [0.4, 0.5) is 10.8 Å². The predicted molar refractivity (Wildman–Crippen MR) is 161 cm³/mol. The van der Waals surface area contributed by atoms with Crippen LogP contribution in [-0.4, -0.2) is 34.8 Å². The molecule has 1 atom stereocenters. The van der Waals surface area contributed by atoms with Crippen LogP contribution in [0.2, 0.25) is 0 Å². The fourth-order valence-corrected chi connectivity index (χ4v) is 7.00. The molecule has 3 aromatic rings. The molecular formula is C30H30N6O3S2. The molecular weight excluding hydrogens is 557 g/mol. The summed E-state index contributed by atoms with van der Waals surface area (Å²) >= 11 is 2.52. The van der Waals surface area contributed by atoms with Gasteiger partial charge < -0.3 is 15.8 Å². The number of nitrogens with zero attached hydrogens (tertiary/aromatic N) is 4. The summed E-state index contributed by atoms with van der Waals surface area (Å²) < 4.78 is 6.18. The summed E-state index contributed by atoms with van der Waals surface area (Å²) in [5, 5.41) is 22.3. The third kappa shape index (κ3) is 5.58. The number of carbonyl (C=O) groups excluding carboxylic acids is 2. The number of ether oxygens (including phenoxy) is 1. The van der Waals surface area contributed by atoms with E-state index in [0.29, 0.717) is 44.9 Å². The fourth-order valence-electron chi connectivity index (χ4n) is 5.32. The van der Waals surface area contributed by atoms with Crippen LogP contribution in [-0.2, 0) is 9.59 Å². The van der Waals surface area contributed by atoms with Crippen molar-refractivity contribution < 1.29 is 14.3 Å². The number of aryl methyl sites for hydroxylation is 1. The van der Waals surface area contributed by atoms with Crippen LogP contribution in [0.3, 0.4) is 0 Å². The molecule has 0 saturated heterocycles. The van der Waals surface area contributed by atoms with Crippen molar-refractivity contribution >= 4 is 45.6 Å². The zero-order chi connectivity index (χ0) is 29.3. The van der Waals surface area contributed by atoms with Gasteiger partial charge in [0.1, 0.15) is 11.6 Å². The first-order valence-corrected chi connectivity index (χ1v) is 14.8. The molecule has 2 aliphatic rings. The number of rotatable bonds is 7. The summed E-state index contributed by atoms with van der Waals surface area (Å²) in [5.41, 5.74) is 10.3. The van der Waals surface area contributed by atoms with Crippen LogP contribution in [0, 0.1) is 23.7 Å². The lowest BCUT2D eigenvalue weighted by atomic mass is 9.68. The summed E-state index contributed by atoms with van der Waals surface area (Å²) in [7, 11) is 1.57. The molecule has 2 aromatic carbocycles. The number of nitrogens with two attached hydrogens (primary N) is 1. The van der Waals surface area contributed by atoms with Crippen molar-refractivity contribution in [2.75, 3.05) is 23.1 Å². The molecule has 0 fully saturated rings. The van der Waals surface area contributed by atoms with E-state index in [0.717, 1.165) is 11.3 Å². The second-order valence-corrected chi connectivity index (χ2v) is 12.9. The summed E-state index contributed by atoms with van der Waals surface area (Å²) in [6.07, 6.45) is 0.900. The third-order valence-corrected chi connectivity index (χ3v) is 9.21. The number of allylic oxidation sites excluding steroid dienone is 3. The number of hydrogen-bond donors (Lipinski definition) is 2. The van der Waals surface area contributed by atoms with E-state index < -0.39 is 5.92 Å². The number of methoxy groups -OCH3 is 1. The number of anilines is 2. The van der Waals surface area contributed by atoms with Crippen molar-refractivity contribution in [3.8, 4) is 11.8 Å². The highest BCUT2D eigenvalue weighted by molar-refractivity contribution is 8.01. The van der Waals surface area contributed by atoms with Crippen molar-refractivity contribution in [2.24, 2.45) is 11.1 Å². The van der Waals surface area contributed by atoms with E-state index in [4.69, 9.17) is 10.5 Å². The molecule has 5 rings (SSSR count). The maximum atomic E-state index is 13.7. The van der Waals surface area contributed by atoms with Crippen LogP contribution in [0.1, 0.15) is 43.7 Å². The number of carbonyl (C=O) groups is 2. The third-order valence-electron chi connectivity index (χ3n) is 7.16. The number of benzene rings is 2. The van der Waals surface area contributed by atoms with Gasteiger partial charge in [0, 0.05) is 28.9 Å². The highest BCUT2D eigenvalue weighted by Gasteiger charge is 2.46. The number of hydrogen-bond acceptors (Lipinski definition) is 10. The molecule has 3 N–H and O–H groups in total. The van der Waals surface area contributed by atoms with Crippen molar-refractivity contribution in [3.63, 3.8) is 0 Å². The first-order valence-electron chi connectivity index (χ1n) is 13.0. The lowest BCUT2D eigenvalue weighted by Crippen LogP contribution is -2.42. The van der Waals surface area contributed by atoms with E-state index in [2.05, 4.69) is 21.6 Å². The average Bonchev–Trinajstić information content (AvgIpc) is 3.40. The minimum absolute atomic E-state index is 0.0376. The number of amides is 1. The summed E-state index contributed by atoms with van der Waals surface area (Å²) in [6, 6.07) is 17.2. The Morgan fingerprint density at radius 3 is 2.68 bits per heavy atom. The van der Waals surface area contributed by atoms with Crippen LogP contribution in [0.5, 0.6) is 5.75 Å². The van der Waals surface area contributed by atoms with Gasteiger partial charge in [0.15, 0.2) is 10.1 Å². The number of ketones is 1. The Balaban J connectivity index is 1.49. The molecule has 0 saturated carbocycles. The molecule has 11 heteroatoms. The van der Waals surface area contributed by atoms with Crippen LogP contribution < -0.4 is 20.7 Å². The SMILES string of the molecule is COc1ccccc1C1C(C#N)=C(N)N(c2nnc(SCC(=O)Nc3ccccc3C)s2)C2=C1C(=O)CC(C)(C)C2. The van der Waals surface area contributed by atoms with Gasteiger partial charge in [-0.05, 0) is 36.5 Å². The van der Waals surface area contributed by atoms with Crippen LogP contribution in [0.15, 0.2) is 75.5 Å². The lowest BCUT2D eigenvalue weighted by Gasteiger charge is -2.42. The highest BCUT2D eigenvalue weighted by atomic mass is 32.2. The Bertz CT molecular complexity index is 1630. The van der Waals surface area contributed by atoms with E-state index >= 15 is 0 Å². The van der Waals surface area contributed by atoms with E-state index in [9.17, 15) is 14.9 Å². The van der Waals surface area contributed by atoms with E-state index in [1.165, 1.54) is 23.1 Å². The monoisotopic (exact) mass is 586 g/mol. The average molecular weight is 587 g/mol. The second-order valence-electron chi connectivity index (χ2n) is 10.7. The van der Waals surface area contributed by atoms with E-state index in [1.807, 2.05) is 69.3 Å². The number of Topliss-reactive ketones (excluding diaryl/α,β-unsaturated/α-hetero) is 1. The van der Waals surface area contributed by atoms with E-state index in [1.54, 1.807) is 12.0 Å². The Morgan fingerprint density at radius 2 is 1.95 bits per heavy atom. The Morgan fingerprint density at radius 1 is 1.22 bits per heavy atom. The highest BCUT2D eigenvalue weighted by Crippen LogP contribution is 2.52. The number of para-hydroxylation sites is 2. The number of aromatic nitrogens is 2. The fraction of sp³-hybridized carbons (Fsp3) is 0.300. The Kier molecular flexibility index (Phi) is 7.89. The topological polar surface area (TPSA) is 134 Å². The van der Waals surface area contributed by atoms with Crippen molar-refractivity contribution in [2.45, 2.75) is 43.9 Å². The van der Waals surface area contributed by atoms with Gasteiger partial charge in [0.2, 0.25) is 11.0 Å². The lowest BCUT2D eigenvalue weighted by molar-refractivity contribution is -0.118. The molecule has 1 amide bonds. The zero-order valence-corrected chi connectivity index (χ0v) is 24.9. The summed E-state index contributed by atoms with van der Waals surface area (Å²) in [5.74, 6) is 0.0802. The Labute approximate surface area is 247 Å². The number of nitriles is 1. The smallest absolute Gasteiger partial charge is 0.234 e. The van der Waals surface area contributed by atoms with Gasteiger partial charge in [0.25, 0.3) is 0 Å². The molecule has 210 valence electrons. The minimum atomic E-state index is -0.655. The standard InChI is InChI=1S/C30H30N6O3S2/c1-17-9-5-7-11-20(17)33-24(38)16-40-29-35-34-28(41-29)36-21-13-30(2,3)14-22(37)26(21)25(19(15-31)27(36)32)18-10-6-8-12-23(18)39-4/h5-12,25H,13-14,16,32H2,1-4H3,(H,33,38). The van der Waals surface area contributed by atoms with Gasteiger partial charge in [-0.3, -0.25) is 14.5 Å². The molecule has 0 radical (unpaired) electrons. The maximum Gasteiger partial charge on any atom is 0.234 e. The minimum Gasteiger partial charge on any atom is -0.496 e. The largest absolute Gasteiger partial charge is 0.496 e. The van der Waals surface area contributed by atoms with Gasteiger partial charge in [-0.15, -0.1) is 10.2 Å². The number of nitrogens with one attached hydrogen (secondary N) is 1. The molecule has 2 heterocycles. The van der Waals surface area contributed by atoms with E-state index in [-0.39, 0.29) is 34.3 Å². The second kappa shape index (κ2) is 11.4. The van der Waals surface area contributed by atoms with Gasteiger partial charge in [-0.2, -0.15) is 5.26 Å². The molecule has 1 unspecified atom stereocenters. The first kappa shape index (κ1) is 28.4. The predicted octanol–water partition coefficient (Wildman–Crippen LogP) is 5.53. The zero-order valence-electron chi connectivity index (χ0n) is 23.2. The van der Waals surface area contributed by atoms with Gasteiger partial charge >= 0.3 is 0 Å². The first-order chi connectivity index (χ1) is 19.6.